The fourth-order valence-corrected chi connectivity index (χ4v) is 1.44. The zero-order valence-corrected chi connectivity index (χ0v) is 7.80. The molecule has 0 bridgehead atoms. The summed E-state index contributed by atoms with van der Waals surface area (Å²) >= 11 is 0. The molecule has 0 fully saturated rings. The normalized spacial score (nSPS) is 11.9. The summed E-state index contributed by atoms with van der Waals surface area (Å²) in [6.45, 7) is 0. The quantitative estimate of drug-likeness (QED) is 0.719. The van der Waals surface area contributed by atoms with Gasteiger partial charge in [0.25, 0.3) is 0 Å². The number of hydrogen-bond acceptors (Lipinski definition) is 3. The van der Waals surface area contributed by atoms with E-state index in [-0.39, 0.29) is 16.7 Å². The van der Waals surface area contributed by atoms with Gasteiger partial charge in [0.15, 0.2) is 0 Å². The van der Waals surface area contributed by atoms with Crippen molar-refractivity contribution in [3.05, 3.63) is 34.2 Å². The van der Waals surface area contributed by atoms with Crippen LogP contribution in [0.4, 0.5) is 19.0 Å². The van der Waals surface area contributed by atoms with Gasteiger partial charge in [0, 0.05) is 5.39 Å². The smallest absolute Gasteiger partial charge is 0.383 e. The third-order valence-electron chi connectivity index (χ3n) is 2.10. The standard InChI is InChI=1S/C9H6F3N3O/c10-9(11,12)5-3-1-2-4-6(5)14-8(16)15-7(4)13/h1-3H,(H3,13,14,15,16). The number of rotatable bonds is 0. The molecule has 0 atom stereocenters. The number of aromatic amines is 1. The van der Waals surface area contributed by atoms with Crippen LogP contribution in [-0.4, -0.2) is 9.97 Å². The maximum atomic E-state index is 12.6. The van der Waals surface area contributed by atoms with Gasteiger partial charge in [0.05, 0.1) is 11.1 Å². The van der Waals surface area contributed by atoms with Gasteiger partial charge in [-0.2, -0.15) is 18.2 Å². The van der Waals surface area contributed by atoms with Crippen molar-refractivity contribution in [3.63, 3.8) is 0 Å². The molecular formula is C9H6F3N3O. The summed E-state index contributed by atoms with van der Waals surface area (Å²) in [5.41, 5.74) is 3.20. The first kappa shape index (κ1) is 10.5. The summed E-state index contributed by atoms with van der Waals surface area (Å²) in [6, 6.07) is 3.45. The van der Waals surface area contributed by atoms with E-state index >= 15 is 0 Å². The molecule has 7 heteroatoms. The second-order valence-corrected chi connectivity index (χ2v) is 3.15. The van der Waals surface area contributed by atoms with Crippen molar-refractivity contribution in [2.75, 3.05) is 5.73 Å². The van der Waals surface area contributed by atoms with Crippen LogP contribution in [0.2, 0.25) is 0 Å². The lowest BCUT2D eigenvalue weighted by Crippen LogP contribution is -2.16. The van der Waals surface area contributed by atoms with Crippen molar-refractivity contribution in [3.8, 4) is 0 Å². The van der Waals surface area contributed by atoms with Gasteiger partial charge in [-0.05, 0) is 12.1 Å². The van der Waals surface area contributed by atoms with Gasteiger partial charge in [-0.1, -0.05) is 6.07 Å². The maximum absolute atomic E-state index is 12.6. The Bertz CT molecular complexity index is 603. The van der Waals surface area contributed by atoms with Crippen LogP contribution in [-0.2, 0) is 6.18 Å². The first-order valence-electron chi connectivity index (χ1n) is 4.25. The number of aromatic nitrogens is 2. The van der Waals surface area contributed by atoms with Gasteiger partial charge < -0.3 is 10.7 Å². The average Bonchev–Trinajstić information content (AvgIpc) is 2.15. The molecule has 0 saturated carbocycles. The minimum atomic E-state index is -4.55. The SMILES string of the molecule is Nc1nc(=O)[nH]c2c(C(F)(F)F)cccc12. The Kier molecular flexibility index (Phi) is 2.11. The molecule has 1 aromatic carbocycles. The van der Waals surface area contributed by atoms with Crippen LogP contribution >= 0.6 is 0 Å². The highest BCUT2D eigenvalue weighted by Crippen LogP contribution is 2.34. The van der Waals surface area contributed by atoms with E-state index in [0.29, 0.717) is 0 Å². The molecule has 0 radical (unpaired) electrons. The number of nitrogens with one attached hydrogen (secondary N) is 1. The van der Waals surface area contributed by atoms with Crippen LogP contribution in [0.3, 0.4) is 0 Å². The first-order chi connectivity index (χ1) is 7.39. The fourth-order valence-electron chi connectivity index (χ4n) is 1.44. The van der Waals surface area contributed by atoms with E-state index in [2.05, 4.69) is 4.98 Å². The van der Waals surface area contributed by atoms with Crippen LogP contribution < -0.4 is 11.4 Å². The van der Waals surface area contributed by atoms with E-state index in [0.717, 1.165) is 6.07 Å². The molecule has 4 nitrogen and oxygen atoms in total. The number of nitrogens with zero attached hydrogens (tertiary/aromatic N) is 1. The van der Waals surface area contributed by atoms with E-state index in [9.17, 15) is 18.0 Å². The number of H-pyrrole nitrogens is 1. The third-order valence-corrected chi connectivity index (χ3v) is 2.10. The maximum Gasteiger partial charge on any atom is 0.418 e. The van der Waals surface area contributed by atoms with Gasteiger partial charge in [0.2, 0.25) is 0 Å². The van der Waals surface area contributed by atoms with E-state index in [1.807, 2.05) is 4.98 Å². The van der Waals surface area contributed by atoms with Crippen molar-refractivity contribution < 1.29 is 13.2 Å². The molecule has 0 aliphatic heterocycles. The number of halogens is 3. The Morgan fingerprint density at radius 2 is 2.00 bits per heavy atom. The lowest BCUT2D eigenvalue weighted by molar-refractivity contribution is -0.136. The summed E-state index contributed by atoms with van der Waals surface area (Å²) in [7, 11) is 0. The van der Waals surface area contributed by atoms with Gasteiger partial charge in [-0.25, -0.2) is 4.79 Å². The molecular weight excluding hydrogens is 223 g/mol. The molecule has 0 aliphatic carbocycles. The molecule has 0 spiro atoms. The zero-order chi connectivity index (χ0) is 11.9. The number of nitrogens with two attached hydrogens (primary N) is 1. The van der Waals surface area contributed by atoms with Crippen molar-refractivity contribution in [2.24, 2.45) is 0 Å². The van der Waals surface area contributed by atoms with Gasteiger partial charge >= 0.3 is 11.9 Å². The summed E-state index contributed by atoms with van der Waals surface area (Å²) in [5.74, 6) is -0.218. The average molecular weight is 229 g/mol. The Balaban J connectivity index is 2.93. The van der Waals surface area contributed by atoms with Crippen molar-refractivity contribution in [1.82, 2.24) is 9.97 Å². The van der Waals surface area contributed by atoms with Gasteiger partial charge in [0.1, 0.15) is 5.82 Å². The fraction of sp³-hybridized carbons (Fsp3) is 0.111. The largest absolute Gasteiger partial charge is 0.418 e. The Hall–Kier alpha value is -2.05. The molecule has 0 amide bonds. The number of hydrogen-bond donors (Lipinski definition) is 2. The number of benzene rings is 1. The second-order valence-electron chi connectivity index (χ2n) is 3.15. The Morgan fingerprint density at radius 1 is 1.31 bits per heavy atom. The number of para-hydroxylation sites is 1. The number of anilines is 1. The highest BCUT2D eigenvalue weighted by Gasteiger charge is 2.33. The lowest BCUT2D eigenvalue weighted by Gasteiger charge is -2.10. The second kappa shape index (κ2) is 3.22. The Morgan fingerprint density at radius 3 is 2.62 bits per heavy atom. The molecule has 2 rings (SSSR count). The topological polar surface area (TPSA) is 71.8 Å². The minimum absolute atomic E-state index is 0.0782. The number of nitrogen functional groups attached to an aromatic ring is 1. The van der Waals surface area contributed by atoms with E-state index in [1.54, 1.807) is 0 Å². The molecule has 0 aliphatic rings. The molecule has 84 valence electrons. The van der Waals surface area contributed by atoms with Crippen LogP contribution in [0.15, 0.2) is 23.0 Å². The molecule has 1 aromatic heterocycles. The third kappa shape index (κ3) is 1.60. The van der Waals surface area contributed by atoms with Crippen LogP contribution in [0.1, 0.15) is 5.56 Å². The summed E-state index contributed by atoms with van der Waals surface area (Å²) in [4.78, 5) is 16.3. The molecule has 2 aromatic rings. The highest BCUT2D eigenvalue weighted by molar-refractivity contribution is 5.90. The summed E-state index contributed by atoms with van der Waals surface area (Å²) in [5, 5.41) is 0.0782. The molecule has 1 heterocycles. The molecule has 3 N–H and O–H groups in total. The predicted molar refractivity (Wildman–Crippen MR) is 51.8 cm³/mol. The highest BCUT2D eigenvalue weighted by atomic mass is 19.4. The molecule has 16 heavy (non-hydrogen) atoms. The van der Waals surface area contributed by atoms with Gasteiger partial charge in [-0.15, -0.1) is 0 Å². The van der Waals surface area contributed by atoms with E-state index in [1.165, 1.54) is 12.1 Å². The van der Waals surface area contributed by atoms with E-state index in [4.69, 9.17) is 5.73 Å². The number of alkyl halides is 3. The van der Waals surface area contributed by atoms with Crippen molar-refractivity contribution in [1.29, 1.82) is 0 Å². The van der Waals surface area contributed by atoms with Crippen LogP contribution in [0, 0.1) is 0 Å². The Labute approximate surface area is 86.9 Å². The summed E-state index contributed by atoms with van der Waals surface area (Å²) in [6.07, 6.45) is -4.55. The minimum Gasteiger partial charge on any atom is -0.383 e. The lowest BCUT2D eigenvalue weighted by atomic mass is 10.1. The van der Waals surface area contributed by atoms with Crippen LogP contribution in [0.25, 0.3) is 10.9 Å². The summed E-state index contributed by atoms with van der Waals surface area (Å²) < 4.78 is 37.8. The van der Waals surface area contributed by atoms with Crippen molar-refractivity contribution in [2.45, 2.75) is 6.18 Å². The number of fused-ring (bicyclic) bond motifs is 1. The predicted octanol–water partition coefficient (Wildman–Crippen LogP) is 1.52. The van der Waals surface area contributed by atoms with Crippen LogP contribution in [0.5, 0.6) is 0 Å². The van der Waals surface area contributed by atoms with Crippen molar-refractivity contribution >= 4 is 16.7 Å². The monoisotopic (exact) mass is 229 g/mol. The zero-order valence-electron chi connectivity index (χ0n) is 7.80. The van der Waals surface area contributed by atoms with E-state index < -0.39 is 17.4 Å². The van der Waals surface area contributed by atoms with Gasteiger partial charge in [-0.3, -0.25) is 0 Å². The molecule has 0 unspecified atom stereocenters. The first-order valence-corrected chi connectivity index (χ1v) is 4.25. The molecule has 0 saturated heterocycles.